The molecule has 2 aliphatic rings. The van der Waals surface area contributed by atoms with Gasteiger partial charge in [0.15, 0.2) is 0 Å². The van der Waals surface area contributed by atoms with Gasteiger partial charge in [-0.05, 0) is 29.8 Å². The van der Waals surface area contributed by atoms with E-state index in [0.29, 0.717) is 17.7 Å². The highest BCUT2D eigenvalue weighted by molar-refractivity contribution is 8.01. The van der Waals surface area contributed by atoms with Crippen molar-refractivity contribution in [1.29, 1.82) is 0 Å². The maximum absolute atomic E-state index is 15.2. The van der Waals surface area contributed by atoms with E-state index < -0.39 is 16.8 Å². The van der Waals surface area contributed by atoms with Crippen molar-refractivity contribution in [2.24, 2.45) is 0 Å². The van der Waals surface area contributed by atoms with Crippen LogP contribution in [-0.2, 0) is 19.1 Å². The number of thioether (sulfide) groups is 2. The maximum atomic E-state index is 15.2. The minimum Gasteiger partial charge on any atom is -0.459 e. The zero-order valence-electron chi connectivity index (χ0n) is 17.3. The Balaban J connectivity index is 1.67. The summed E-state index contributed by atoms with van der Waals surface area (Å²) in [6, 6.07) is 14.7. The Hall–Kier alpha value is -2.19. The number of carbonyl (C=O) groups excluding carboxylic acids is 2. The molecule has 164 valence electrons. The Morgan fingerprint density at radius 2 is 2.00 bits per heavy atom. The summed E-state index contributed by atoms with van der Waals surface area (Å²) in [6.45, 7) is 3.29. The summed E-state index contributed by atoms with van der Waals surface area (Å²) in [6.07, 6.45) is -0.111. The Morgan fingerprint density at radius 1 is 1.26 bits per heavy atom. The van der Waals surface area contributed by atoms with Gasteiger partial charge in [-0.15, -0.1) is 11.8 Å². The van der Waals surface area contributed by atoms with E-state index in [9.17, 15) is 9.59 Å². The molecule has 2 fully saturated rings. The van der Waals surface area contributed by atoms with E-state index in [1.165, 1.54) is 24.8 Å². The predicted octanol–water partition coefficient (Wildman–Crippen LogP) is 3.82. The fraction of sp³-hybridized carbons (Fsp3) is 0.391. The third-order valence-electron chi connectivity index (χ3n) is 5.50. The number of anilines is 1. The summed E-state index contributed by atoms with van der Waals surface area (Å²) in [5.41, 5.74) is 1.16. The molecule has 5 nitrogen and oxygen atoms in total. The SMILES string of the molecule is CC(=O)NCC1C[C@@](Sc2ccccc2)(c2ccc(N3CCSCC3)c(F)c2)C(=O)O1. The summed E-state index contributed by atoms with van der Waals surface area (Å²) < 4.78 is 19.8. The van der Waals surface area contributed by atoms with Crippen LogP contribution in [0.4, 0.5) is 10.1 Å². The molecule has 0 bridgehead atoms. The molecular weight excluding hydrogens is 435 g/mol. The number of halogens is 1. The van der Waals surface area contributed by atoms with Crippen LogP contribution in [0.15, 0.2) is 53.4 Å². The van der Waals surface area contributed by atoms with Gasteiger partial charge in [0.2, 0.25) is 5.91 Å². The van der Waals surface area contributed by atoms with Gasteiger partial charge in [-0.2, -0.15) is 11.8 Å². The first kappa shape index (κ1) is 22.0. The first-order chi connectivity index (χ1) is 15.0. The standard InChI is InChI=1S/C23H25FN2O3S2/c1-16(27)25-15-18-14-23(22(28)29-18,31-19-5-3-2-4-6-19)17-7-8-21(20(24)13-17)26-9-11-30-12-10-26/h2-8,13,18H,9-12,14-15H2,1H3,(H,25,27)/t18?,23-/m1/s1. The van der Waals surface area contributed by atoms with Crippen molar-refractivity contribution in [1.82, 2.24) is 5.32 Å². The number of hydrogen-bond donors (Lipinski definition) is 1. The minimum absolute atomic E-state index is 0.181. The fourth-order valence-electron chi connectivity index (χ4n) is 3.95. The van der Waals surface area contributed by atoms with Gasteiger partial charge in [0.1, 0.15) is 16.7 Å². The average Bonchev–Trinajstić information content (AvgIpc) is 3.09. The lowest BCUT2D eigenvalue weighted by Gasteiger charge is -2.30. The molecule has 4 rings (SSSR count). The molecule has 0 saturated carbocycles. The van der Waals surface area contributed by atoms with E-state index in [1.807, 2.05) is 48.2 Å². The summed E-state index contributed by atoms with van der Waals surface area (Å²) in [5, 5.41) is 2.72. The predicted molar refractivity (Wildman–Crippen MR) is 123 cm³/mol. The van der Waals surface area contributed by atoms with Gasteiger partial charge in [-0.3, -0.25) is 9.59 Å². The molecule has 0 spiro atoms. The highest BCUT2D eigenvalue weighted by atomic mass is 32.2. The molecule has 0 radical (unpaired) electrons. The quantitative estimate of drug-likeness (QED) is 0.662. The van der Waals surface area contributed by atoms with Gasteiger partial charge in [0.05, 0.1) is 12.2 Å². The van der Waals surface area contributed by atoms with Crippen LogP contribution in [0.25, 0.3) is 0 Å². The number of ether oxygens (including phenoxy) is 1. The largest absolute Gasteiger partial charge is 0.459 e. The molecule has 1 unspecified atom stereocenters. The second-order valence-electron chi connectivity index (χ2n) is 7.68. The van der Waals surface area contributed by atoms with E-state index in [4.69, 9.17) is 4.74 Å². The number of cyclic esters (lactones) is 1. The third-order valence-corrected chi connectivity index (χ3v) is 7.87. The number of nitrogens with zero attached hydrogens (tertiary/aromatic N) is 1. The van der Waals surface area contributed by atoms with Crippen LogP contribution in [0.3, 0.4) is 0 Å². The molecule has 2 aromatic carbocycles. The number of benzene rings is 2. The number of hydrogen-bond acceptors (Lipinski definition) is 6. The molecule has 2 aliphatic heterocycles. The smallest absolute Gasteiger partial charge is 0.327 e. The van der Waals surface area contributed by atoms with Gasteiger partial charge in [-0.1, -0.05) is 24.3 Å². The van der Waals surface area contributed by atoms with Crippen LogP contribution in [0, 0.1) is 5.82 Å². The molecule has 8 heteroatoms. The fourth-order valence-corrected chi connectivity index (χ4v) is 6.19. The zero-order valence-corrected chi connectivity index (χ0v) is 18.9. The van der Waals surface area contributed by atoms with Crippen LogP contribution in [0.2, 0.25) is 0 Å². The molecule has 1 N–H and O–H groups in total. The van der Waals surface area contributed by atoms with E-state index in [-0.39, 0.29) is 18.3 Å². The lowest BCUT2D eigenvalue weighted by Crippen LogP contribution is -2.33. The number of rotatable bonds is 6. The molecule has 31 heavy (non-hydrogen) atoms. The third kappa shape index (κ3) is 4.85. The number of nitrogens with one attached hydrogen (secondary N) is 1. The van der Waals surface area contributed by atoms with Crippen molar-refractivity contribution in [3.05, 3.63) is 59.9 Å². The van der Waals surface area contributed by atoms with Gasteiger partial charge in [-0.25, -0.2) is 4.39 Å². The van der Waals surface area contributed by atoms with E-state index >= 15 is 4.39 Å². The molecule has 2 saturated heterocycles. The van der Waals surface area contributed by atoms with Gasteiger partial charge < -0.3 is 15.0 Å². The molecule has 2 aromatic rings. The Kier molecular flexibility index (Phi) is 6.77. The highest BCUT2D eigenvalue weighted by Gasteiger charge is 2.51. The number of amides is 1. The maximum Gasteiger partial charge on any atom is 0.327 e. The second kappa shape index (κ2) is 9.53. The van der Waals surface area contributed by atoms with Crippen molar-refractivity contribution in [3.63, 3.8) is 0 Å². The van der Waals surface area contributed by atoms with Crippen LogP contribution in [0.5, 0.6) is 0 Å². The topological polar surface area (TPSA) is 58.6 Å². The molecular formula is C23H25FN2O3S2. The van der Waals surface area contributed by atoms with Crippen molar-refractivity contribution in [3.8, 4) is 0 Å². The molecule has 0 aliphatic carbocycles. The first-order valence-corrected chi connectivity index (χ1v) is 12.3. The average molecular weight is 461 g/mol. The summed E-state index contributed by atoms with van der Waals surface area (Å²) >= 11 is 3.25. The molecule has 2 heterocycles. The van der Waals surface area contributed by atoms with E-state index in [2.05, 4.69) is 10.2 Å². The Morgan fingerprint density at radius 3 is 2.68 bits per heavy atom. The molecule has 1 amide bonds. The lowest BCUT2D eigenvalue weighted by atomic mass is 9.93. The van der Waals surface area contributed by atoms with Crippen molar-refractivity contribution < 1.29 is 18.7 Å². The summed E-state index contributed by atoms with van der Waals surface area (Å²) in [5.74, 6) is 1.05. The minimum atomic E-state index is -1.07. The zero-order chi connectivity index (χ0) is 21.8. The Bertz CT molecular complexity index is 953. The van der Waals surface area contributed by atoms with Crippen LogP contribution in [-0.4, -0.2) is 49.1 Å². The lowest BCUT2D eigenvalue weighted by molar-refractivity contribution is -0.143. The van der Waals surface area contributed by atoms with Crippen LogP contribution < -0.4 is 10.2 Å². The highest BCUT2D eigenvalue weighted by Crippen LogP contribution is 2.50. The monoisotopic (exact) mass is 460 g/mol. The summed E-state index contributed by atoms with van der Waals surface area (Å²) in [4.78, 5) is 27.4. The van der Waals surface area contributed by atoms with Gasteiger partial charge >= 0.3 is 5.97 Å². The van der Waals surface area contributed by atoms with Gasteiger partial charge in [0, 0.05) is 42.8 Å². The van der Waals surface area contributed by atoms with Crippen molar-refractivity contribution in [2.45, 2.75) is 29.1 Å². The molecule has 2 atom stereocenters. The summed E-state index contributed by atoms with van der Waals surface area (Å²) in [7, 11) is 0. The van der Waals surface area contributed by atoms with E-state index in [0.717, 1.165) is 29.5 Å². The van der Waals surface area contributed by atoms with Crippen molar-refractivity contribution >= 4 is 41.1 Å². The second-order valence-corrected chi connectivity index (χ2v) is 10.3. The van der Waals surface area contributed by atoms with Crippen LogP contribution in [0.1, 0.15) is 18.9 Å². The van der Waals surface area contributed by atoms with Gasteiger partial charge in [0.25, 0.3) is 0 Å². The molecule has 0 aromatic heterocycles. The number of carbonyl (C=O) groups is 2. The Labute approximate surface area is 190 Å². The van der Waals surface area contributed by atoms with Crippen LogP contribution >= 0.6 is 23.5 Å². The normalized spacial score (nSPS) is 23.5. The van der Waals surface area contributed by atoms with Crippen molar-refractivity contribution in [2.75, 3.05) is 36.0 Å². The number of esters is 1. The first-order valence-electron chi connectivity index (χ1n) is 10.3. The van der Waals surface area contributed by atoms with E-state index in [1.54, 1.807) is 6.07 Å².